The fraction of sp³-hybridized carbons (Fsp3) is 0.857. The topological polar surface area (TPSA) is 27.5 Å². The van der Waals surface area contributed by atoms with E-state index in [9.17, 15) is 5.21 Å². The summed E-state index contributed by atoms with van der Waals surface area (Å²) < 4.78 is 0. The first kappa shape index (κ1) is 8.92. The normalized spacial score (nSPS) is 13.7. The summed E-state index contributed by atoms with van der Waals surface area (Å²) >= 11 is 0. The molecule has 1 unspecified atom stereocenters. The van der Waals surface area contributed by atoms with Gasteiger partial charge >= 0.3 is 0 Å². The Hall–Kier alpha value is -0.0800. The molecule has 0 saturated carbocycles. The van der Waals surface area contributed by atoms with Crippen LogP contribution in [0.3, 0.4) is 0 Å². The van der Waals surface area contributed by atoms with Gasteiger partial charge < -0.3 is 10.3 Å². The third kappa shape index (κ3) is 7.92. The van der Waals surface area contributed by atoms with Crippen LogP contribution in [0.15, 0.2) is 0 Å². The lowest BCUT2D eigenvalue weighted by Gasteiger charge is -2.14. The van der Waals surface area contributed by atoms with Crippen LogP contribution in [-0.2, 0) is 0 Å². The molecular weight excluding hydrogens is 114 g/mol. The third-order valence-electron chi connectivity index (χ3n) is 1.28. The molecule has 9 heavy (non-hydrogen) atoms. The van der Waals surface area contributed by atoms with Crippen molar-refractivity contribution in [3.05, 3.63) is 12.1 Å². The molecule has 0 amide bonds. The summed E-state index contributed by atoms with van der Waals surface area (Å²) in [5, 5.41) is 10.7. The lowest BCUT2D eigenvalue weighted by Crippen LogP contribution is -3.03. The molecule has 0 aliphatic rings. The van der Waals surface area contributed by atoms with Gasteiger partial charge in [-0.25, -0.2) is 0 Å². The van der Waals surface area contributed by atoms with Crippen molar-refractivity contribution in [3.8, 4) is 0 Å². The molecule has 0 heterocycles. The van der Waals surface area contributed by atoms with Gasteiger partial charge in [-0.1, -0.05) is 19.8 Å². The third-order valence-corrected chi connectivity index (χ3v) is 1.28. The Kier molecular flexibility index (Phi) is 5.99. The first-order valence-electron chi connectivity index (χ1n) is 3.56. The van der Waals surface area contributed by atoms with E-state index >= 15 is 0 Å². The highest BCUT2D eigenvalue weighted by Gasteiger charge is 1.88. The van der Waals surface area contributed by atoms with E-state index in [1.165, 1.54) is 0 Å². The van der Waals surface area contributed by atoms with Crippen molar-refractivity contribution in [2.45, 2.75) is 25.7 Å². The first-order valence-corrected chi connectivity index (χ1v) is 3.56. The molecule has 0 aromatic rings. The molecule has 2 heteroatoms. The Balaban J connectivity index is 2.75. The number of rotatable bonds is 5. The minimum absolute atomic E-state index is 0.305. The quantitative estimate of drug-likeness (QED) is 0.423. The zero-order chi connectivity index (χ0) is 7.11. The molecule has 0 aromatic heterocycles. The van der Waals surface area contributed by atoms with Crippen molar-refractivity contribution < 1.29 is 5.06 Å². The Bertz CT molecular complexity index is 54.9. The lowest BCUT2D eigenvalue weighted by atomic mass is 10.2. The monoisotopic (exact) mass is 130 g/mol. The minimum Gasteiger partial charge on any atom is -0.634 e. The molecule has 0 spiro atoms. The van der Waals surface area contributed by atoms with Crippen LogP contribution in [0, 0.1) is 12.1 Å². The van der Waals surface area contributed by atoms with Crippen LogP contribution in [0.25, 0.3) is 0 Å². The van der Waals surface area contributed by atoms with Crippen LogP contribution < -0.4 is 5.06 Å². The van der Waals surface area contributed by atoms with Crippen LogP contribution in [-0.4, -0.2) is 13.6 Å². The molecule has 1 N–H and O–H groups in total. The summed E-state index contributed by atoms with van der Waals surface area (Å²) in [5.41, 5.74) is 0. The van der Waals surface area contributed by atoms with Crippen LogP contribution in [0.1, 0.15) is 25.7 Å². The summed E-state index contributed by atoms with van der Waals surface area (Å²) in [6.45, 7) is 4.47. The summed E-state index contributed by atoms with van der Waals surface area (Å²) in [6.07, 6.45) is 4.36. The van der Waals surface area contributed by atoms with Gasteiger partial charge in [0, 0.05) is 0 Å². The largest absolute Gasteiger partial charge is 0.634 e. The number of hydrogen-bond donors (Lipinski definition) is 1. The highest BCUT2D eigenvalue weighted by molar-refractivity contribution is 4.42. The van der Waals surface area contributed by atoms with Crippen LogP contribution in [0.2, 0.25) is 0 Å². The van der Waals surface area contributed by atoms with E-state index in [0.29, 0.717) is 5.06 Å². The Morgan fingerprint density at radius 3 is 2.44 bits per heavy atom. The molecule has 0 fully saturated rings. The molecular formula is C7H16NO. The van der Waals surface area contributed by atoms with E-state index < -0.39 is 0 Å². The van der Waals surface area contributed by atoms with Crippen molar-refractivity contribution >= 4 is 0 Å². The van der Waals surface area contributed by atoms with E-state index in [4.69, 9.17) is 0 Å². The maximum absolute atomic E-state index is 10.4. The van der Waals surface area contributed by atoms with Gasteiger partial charge in [0.05, 0.1) is 13.6 Å². The molecule has 1 radical (unpaired) electrons. The van der Waals surface area contributed by atoms with Crippen LogP contribution in [0.5, 0.6) is 0 Å². The molecule has 0 bridgehead atoms. The second-order valence-electron chi connectivity index (χ2n) is 2.37. The zero-order valence-electron chi connectivity index (χ0n) is 6.15. The Labute approximate surface area is 57.4 Å². The number of nitrogens with one attached hydrogen (secondary N) is 1. The Morgan fingerprint density at radius 1 is 1.33 bits per heavy atom. The maximum Gasteiger partial charge on any atom is 0.0766 e. The zero-order valence-corrected chi connectivity index (χ0v) is 6.15. The van der Waals surface area contributed by atoms with Crippen molar-refractivity contribution in [3.63, 3.8) is 0 Å². The van der Waals surface area contributed by atoms with Crippen LogP contribution >= 0.6 is 0 Å². The van der Waals surface area contributed by atoms with E-state index in [-0.39, 0.29) is 0 Å². The van der Waals surface area contributed by atoms with E-state index in [1.807, 2.05) is 0 Å². The number of hydroxylamine groups is 2. The second-order valence-corrected chi connectivity index (χ2v) is 2.37. The van der Waals surface area contributed by atoms with Gasteiger partial charge in [0.2, 0.25) is 0 Å². The Morgan fingerprint density at radius 2 is 2.00 bits per heavy atom. The van der Waals surface area contributed by atoms with Gasteiger partial charge in [-0.05, 0) is 12.8 Å². The standard InChI is InChI=1S/C7H16NO/c1-3-4-5-6-7-8(2)9/h8H,1,3-7H2,2H3. The molecule has 0 aromatic carbocycles. The summed E-state index contributed by atoms with van der Waals surface area (Å²) in [6, 6.07) is 0. The molecule has 2 nitrogen and oxygen atoms in total. The predicted molar refractivity (Wildman–Crippen MR) is 38.9 cm³/mol. The van der Waals surface area contributed by atoms with Crippen molar-refractivity contribution in [2.75, 3.05) is 13.6 Å². The van der Waals surface area contributed by atoms with Crippen molar-refractivity contribution in [1.29, 1.82) is 0 Å². The molecule has 55 valence electrons. The fourth-order valence-corrected chi connectivity index (χ4v) is 0.727. The molecule has 0 aliphatic heterocycles. The highest BCUT2D eigenvalue weighted by atomic mass is 16.5. The summed E-state index contributed by atoms with van der Waals surface area (Å²) in [7, 11) is 1.64. The van der Waals surface area contributed by atoms with E-state index in [2.05, 4.69) is 6.92 Å². The smallest absolute Gasteiger partial charge is 0.0766 e. The molecule has 0 aliphatic carbocycles. The molecule has 1 atom stereocenters. The highest BCUT2D eigenvalue weighted by Crippen LogP contribution is 1.95. The van der Waals surface area contributed by atoms with E-state index in [1.54, 1.807) is 7.05 Å². The SMILES string of the molecule is [CH2]CCCCC[NH+](C)[O-]. The van der Waals surface area contributed by atoms with Gasteiger partial charge in [0.15, 0.2) is 0 Å². The van der Waals surface area contributed by atoms with Crippen LogP contribution in [0.4, 0.5) is 0 Å². The maximum atomic E-state index is 10.4. The van der Waals surface area contributed by atoms with E-state index in [0.717, 1.165) is 32.2 Å². The minimum atomic E-state index is 0.305. The first-order chi connectivity index (χ1) is 4.27. The van der Waals surface area contributed by atoms with Gasteiger partial charge in [-0.15, -0.1) is 0 Å². The molecule has 0 saturated heterocycles. The molecule has 0 rings (SSSR count). The van der Waals surface area contributed by atoms with Gasteiger partial charge in [-0.2, -0.15) is 0 Å². The summed E-state index contributed by atoms with van der Waals surface area (Å²) in [5.74, 6) is 0. The average molecular weight is 130 g/mol. The predicted octanol–water partition coefficient (Wildman–Crippen LogP) is 0.393. The average Bonchev–Trinajstić information content (AvgIpc) is 1.80. The van der Waals surface area contributed by atoms with Gasteiger partial charge in [0.25, 0.3) is 0 Å². The lowest BCUT2D eigenvalue weighted by molar-refractivity contribution is -0.826. The van der Waals surface area contributed by atoms with Gasteiger partial charge in [0.1, 0.15) is 0 Å². The van der Waals surface area contributed by atoms with Crippen molar-refractivity contribution in [1.82, 2.24) is 0 Å². The number of hydrogen-bond acceptors (Lipinski definition) is 1. The van der Waals surface area contributed by atoms with Gasteiger partial charge in [-0.3, -0.25) is 0 Å². The number of quaternary nitrogens is 1. The fourth-order valence-electron chi connectivity index (χ4n) is 0.727. The summed E-state index contributed by atoms with van der Waals surface area (Å²) in [4.78, 5) is 0. The van der Waals surface area contributed by atoms with Crippen molar-refractivity contribution in [2.24, 2.45) is 0 Å². The number of unbranched alkanes of at least 4 members (excludes halogenated alkanes) is 3. The second kappa shape index (κ2) is 6.05.